The second-order valence-electron chi connectivity index (χ2n) is 4.42. The van der Waals surface area contributed by atoms with Crippen molar-refractivity contribution in [2.24, 2.45) is 0 Å². The van der Waals surface area contributed by atoms with Gasteiger partial charge in [0.25, 0.3) is 0 Å². The highest BCUT2D eigenvalue weighted by molar-refractivity contribution is 5.91. The molecule has 5 heteroatoms. The molecule has 0 unspecified atom stereocenters. The number of rotatable bonds is 2. The van der Waals surface area contributed by atoms with Gasteiger partial charge >= 0.3 is 5.97 Å². The van der Waals surface area contributed by atoms with Gasteiger partial charge in [0.1, 0.15) is 11.4 Å². The van der Waals surface area contributed by atoms with Crippen LogP contribution in [0.1, 0.15) is 21.6 Å². The van der Waals surface area contributed by atoms with E-state index < -0.39 is 5.97 Å². The van der Waals surface area contributed by atoms with Crippen LogP contribution in [0.4, 0.5) is 0 Å². The number of hydrogen-bond donors (Lipinski definition) is 0. The topological polar surface area (TPSA) is 57.7 Å². The fourth-order valence-corrected chi connectivity index (χ4v) is 2.06. The summed E-state index contributed by atoms with van der Waals surface area (Å²) in [6, 6.07) is 8.67. The predicted octanol–water partition coefficient (Wildman–Crippen LogP) is 3.15. The molecule has 2 aromatic rings. The zero-order valence-electron chi connectivity index (χ0n) is 11.6. The quantitative estimate of drug-likeness (QED) is 0.676. The number of hydrogen-bond acceptors (Lipinski definition) is 5. The maximum atomic E-state index is 11.6. The lowest BCUT2D eigenvalue weighted by Gasteiger charge is -2.10. The van der Waals surface area contributed by atoms with Crippen molar-refractivity contribution in [1.82, 2.24) is 4.98 Å². The first kappa shape index (κ1) is 13.2. The Morgan fingerprint density at radius 3 is 2.71 bits per heavy atom. The van der Waals surface area contributed by atoms with Crippen LogP contribution in [0, 0.1) is 0 Å². The second kappa shape index (κ2) is 5.28. The molecule has 0 bridgehead atoms. The minimum Gasteiger partial charge on any atom is -0.481 e. The number of esters is 1. The molecule has 0 N–H and O–H groups in total. The summed E-state index contributed by atoms with van der Waals surface area (Å²) in [5.74, 6) is 1.30. The summed E-state index contributed by atoms with van der Waals surface area (Å²) in [6.45, 7) is 0. The van der Waals surface area contributed by atoms with E-state index in [0.717, 1.165) is 5.56 Å². The Morgan fingerprint density at radius 1 is 1.10 bits per heavy atom. The Labute approximate surface area is 121 Å². The molecule has 0 saturated carbocycles. The summed E-state index contributed by atoms with van der Waals surface area (Å²) in [5.41, 5.74) is 1.97. The van der Waals surface area contributed by atoms with Gasteiger partial charge in [0, 0.05) is 11.6 Å². The van der Waals surface area contributed by atoms with Gasteiger partial charge in [0.05, 0.1) is 19.8 Å². The van der Waals surface area contributed by atoms with Crippen LogP contribution in [0.25, 0.3) is 12.2 Å². The molecule has 0 aliphatic carbocycles. The van der Waals surface area contributed by atoms with Crippen molar-refractivity contribution in [2.75, 3.05) is 14.2 Å². The van der Waals surface area contributed by atoms with Gasteiger partial charge in [-0.2, -0.15) is 0 Å². The Hall–Kier alpha value is -2.82. The highest BCUT2D eigenvalue weighted by Crippen LogP contribution is 2.34. The second-order valence-corrected chi connectivity index (χ2v) is 4.42. The maximum Gasteiger partial charge on any atom is 0.337 e. The standard InChI is InChI=1S/C16H13NO4/c1-19-15-8-7-13-12(17-15)6-5-10-3-4-11(16(18)20-2)9-14(10)21-13/h3-9H,1-2H3. The van der Waals surface area contributed by atoms with E-state index in [-0.39, 0.29) is 0 Å². The first-order valence-electron chi connectivity index (χ1n) is 6.34. The van der Waals surface area contributed by atoms with E-state index in [0.29, 0.717) is 28.6 Å². The third-order valence-electron chi connectivity index (χ3n) is 3.14. The van der Waals surface area contributed by atoms with Crippen LogP contribution < -0.4 is 9.47 Å². The molecule has 1 aromatic heterocycles. The molecule has 21 heavy (non-hydrogen) atoms. The Kier molecular flexibility index (Phi) is 3.31. The van der Waals surface area contributed by atoms with Crippen molar-refractivity contribution in [3.8, 4) is 17.4 Å². The van der Waals surface area contributed by atoms with Crippen molar-refractivity contribution in [1.29, 1.82) is 0 Å². The van der Waals surface area contributed by atoms with Crippen molar-refractivity contribution in [3.05, 3.63) is 47.2 Å². The highest BCUT2D eigenvalue weighted by atomic mass is 16.5. The summed E-state index contributed by atoms with van der Waals surface area (Å²) in [5, 5.41) is 0. The summed E-state index contributed by atoms with van der Waals surface area (Å²) in [7, 11) is 2.91. The molecule has 0 atom stereocenters. The summed E-state index contributed by atoms with van der Waals surface area (Å²) < 4.78 is 15.7. The molecule has 0 spiro atoms. The van der Waals surface area contributed by atoms with Crippen LogP contribution in [0.15, 0.2) is 30.3 Å². The third-order valence-corrected chi connectivity index (χ3v) is 3.14. The van der Waals surface area contributed by atoms with Gasteiger partial charge in [-0.25, -0.2) is 9.78 Å². The van der Waals surface area contributed by atoms with E-state index in [1.54, 1.807) is 37.4 Å². The van der Waals surface area contributed by atoms with Crippen molar-refractivity contribution >= 4 is 18.1 Å². The number of carbonyl (C=O) groups excluding carboxylic acids is 1. The van der Waals surface area contributed by atoms with Gasteiger partial charge in [-0.1, -0.05) is 6.07 Å². The lowest BCUT2D eigenvalue weighted by atomic mass is 10.1. The summed E-state index contributed by atoms with van der Waals surface area (Å²) >= 11 is 0. The molecule has 3 rings (SSSR count). The first-order chi connectivity index (χ1) is 10.2. The molecule has 1 aromatic carbocycles. The molecule has 0 radical (unpaired) electrons. The minimum atomic E-state index is -0.400. The monoisotopic (exact) mass is 283 g/mol. The van der Waals surface area contributed by atoms with Crippen LogP contribution in [0.2, 0.25) is 0 Å². The largest absolute Gasteiger partial charge is 0.481 e. The Morgan fingerprint density at radius 2 is 1.95 bits per heavy atom. The highest BCUT2D eigenvalue weighted by Gasteiger charge is 2.15. The number of aromatic nitrogens is 1. The van der Waals surface area contributed by atoms with Crippen LogP contribution in [-0.4, -0.2) is 25.2 Å². The van der Waals surface area contributed by atoms with Crippen molar-refractivity contribution < 1.29 is 19.0 Å². The molecule has 0 amide bonds. The smallest absolute Gasteiger partial charge is 0.337 e. The molecule has 106 valence electrons. The van der Waals surface area contributed by atoms with Crippen LogP contribution in [-0.2, 0) is 4.74 Å². The predicted molar refractivity (Wildman–Crippen MR) is 77.6 cm³/mol. The normalized spacial score (nSPS) is 11.7. The van der Waals surface area contributed by atoms with Gasteiger partial charge in [-0.05, 0) is 30.4 Å². The molecule has 2 heterocycles. The van der Waals surface area contributed by atoms with E-state index in [1.807, 2.05) is 12.2 Å². The van der Waals surface area contributed by atoms with Gasteiger partial charge in [0.15, 0.2) is 5.75 Å². The molecule has 0 fully saturated rings. The van der Waals surface area contributed by atoms with Crippen molar-refractivity contribution in [3.63, 3.8) is 0 Å². The lowest BCUT2D eigenvalue weighted by molar-refractivity contribution is 0.0600. The molecule has 1 aliphatic rings. The van der Waals surface area contributed by atoms with E-state index in [4.69, 9.17) is 14.2 Å². The Balaban J connectivity index is 2.04. The number of fused-ring (bicyclic) bond motifs is 2. The van der Waals surface area contributed by atoms with E-state index >= 15 is 0 Å². The molecular formula is C16H13NO4. The minimum absolute atomic E-state index is 0.400. The van der Waals surface area contributed by atoms with Crippen LogP contribution in [0.5, 0.6) is 17.4 Å². The average Bonchev–Trinajstić information content (AvgIpc) is 2.71. The Bertz CT molecular complexity index is 737. The molecule has 0 saturated heterocycles. The van der Waals surface area contributed by atoms with Crippen LogP contribution >= 0.6 is 0 Å². The van der Waals surface area contributed by atoms with Crippen molar-refractivity contribution in [2.45, 2.75) is 0 Å². The van der Waals surface area contributed by atoms with E-state index in [9.17, 15) is 4.79 Å². The van der Waals surface area contributed by atoms with E-state index in [1.165, 1.54) is 7.11 Å². The SMILES string of the molecule is COC(=O)c1ccc2c(c1)Oc1ccc(OC)nc1C=C2. The molecular weight excluding hydrogens is 270 g/mol. The van der Waals surface area contributed by atoms with Crippen LogP contribution in [0.3, 0.4) is 0 Å². The molecule has 5 nitrogen and oxygen atoms in total. The number of pyridine rings is 1. The summed E-state index contributed by atoms with van der Waals surface area (Å²) in [4.78, 5) is 15.9. The lowest BCUT2D eigenvalue weighted by Crippen LogP contribution is -2.01. The van der Waals surface area contributed by atoms with E-state index in [2.05, 4.69) is 4.98 Å². The zero-order chi connectivity index (χ0) is 14.8. The maximum absolute atomic E-state index is 11.6. The number of methoxy groups -OCH3 is 2. The number of ether oxygens (including phenoxy) is 3. The number of benzene rings is 1. The van der Waals surface area contributed by atoms with Gasteiger partial charge in [0.2, 0.25) is 5.88 Å². The van der Waals surface area contributed by atoms with Gasteiger partial charge in [-0.15, -0.1) is 0 Å². The third kappa shape index (κ3) is 2.45. The zero-order valence-corrected chi connectivity index (χ0v) is 11.6. The fraction of sp³-hybridized carbons (Fsp3) is 0.125. The first-order valence-corrected chi connectivity index (χ1v) is 6.34. The average molecular weight is 283 g/mol. The number of carbonyl (C=O) groups is 1. The fourth-order valence-electron chi connectivity index (χ4n) is 2.06. The van der Waals surface area contributed by atoms with Gasteiger partial charge in [-0.3, -0.25) is 0 Å². The van der Waals surface area contributed by atoms with Gasteiger partial charge < -0.3 is 14.2 Å². The molecule has 1 aliphatic heterocycles. The number of nitrogens with zero attached hydrogens (tertiary/aromatic N) is 1. The summed E-state index contributed by atoms with van der Waals surface area (Å²) in [6.07, 6.45) is 3.73.